The van der Waals surface area contributed by atoms with Gasteiger partial charge in [0.05, 0.1) is 11.6 Å². The zero-order chi connectivity index (χ0) is 17.0. The van der Waals surface area contributed by atoms with Crippen molar-refractivity contribution < 1.29 is 23.9 Å². The van der Waals surface area contributed by atoms with Gasteiger partial charge in [0.1, 0.15) is 11.6 Å². The maximum absolute atomic E-state index is 13.9. The molecule has 1 amide bonds. The van der Waals surface area contributed by atoms with Crippen molar-refractivity contribution in [2.24, 2.45) is 0 Å². The Labute approximate surface area is 137 Å². The zero-order valence-corrected chi connectivity index (χ0v) is 12.9. The number of halogens is 2. The van der Waals surface area contributed by atoms with Crippen molar-refractivity contribution in [2.75, 3.05) is 0 Å². The first-order chi connectivity index (χ1) is 10.9. The van der Waals surface area contributed by atoms with Crippen LogP contribution in [0.25, 0.3) is 0 Å². The highest BCUT2D eigenvalue weighted by Crippen LogP contribution is 2.20. The molecule has 0 radical (unpaired) electrons. The van der Waals surface area contributed by atoms with E-state index < -0.39 is 19.0 Å². The third-order valence-corrected chi connectivity index (χ3v) is 3.36. The standard InChI is InChI=1S/C15H14BClFNO4/c1-9(10-3-2-4-11(17)7-10)19-15(20)13-6-5-12(8-14(13)18)23-16(21)22/h2-9,21-22H,1H3,(H,19,20). The lowest BCUT2D eigenvalue weighted by molar-refractivity contribution is 0.0936. The molecule has 0 heterocycles. The molecule has 0 aliphatic rings. The summed E-state index contributed by atoms with van der Waals surface area (Å²) in [5.41, 5.74) is 0.605. The average Bonchev–Trinajstić information content (AvgIpc) is 2.46. The molecule has 8 heteroatoms. The summed E-state index contributed by atoms with van der Waals surface area (Å²) in [7, 11) is -2.06. The molecule has 0 aliphatic heterocycles. The van der Waals surface area contributed by atoms with E-state index in [1.165, 1.54) is 12.1 Å². The van der Waals surface area contributed by atoms with E-state index in [4.69, 9.17) is 21.6 Å². The van der Waals surface area contributed by atoms with E-state index in [1.54, 1.807) is 31.2 Å². The van der Waals surface area contributed by atoms with E-state index in [2.05, 4.69) is 9.97 Å². The predicted molar refractivity (Wildman–Crippen MR) is 84.6 cm³/mol. The SMILES string of the molecule is CC(NC(=O)c1ccc(OB(O)O)cc1F)c1cccc(Cl)c1. The molecule has 23 heavy (non-hydrogen) atoms. The normalized spacial score (nSPS) is 11.7. The van der Waals surface area contributed by atoms with E-state index >= 15 is 0 Å². The fourth-order valence-electron chi connectivity index (χ4n) is 2.01. The number of benzene rings is 2. The zero-order valence-electron chi connectivity index (χ0n) is 12.2. The quantitative estimate of drug-likeness (QED) is 0.732. The van der Waals surface area contributed by atoms with Crippen LogP contribution in [0.3, 0.4) is 0 Å². The summed E-state index contributed by atoms with van der Waals surface area (Å²) in [6.45, 7) is 1.75. The van der Waals surface area contributed by atoms with Crippen LogP contribution >= 0.6 is 11.6 Å². The van der Waals surface area contributed by atoms with Crippen molar-refractivity contribution in [3.8, 4) is 5.75 Å². The molecule has 0 aliphatic carbocycles. The molecule has 2 aromatic rings. The first kappa shape index (κ1) is 17.3. The van der Waals surface area contributed by atoms with Crippen molar-refractivity contribution in [3.63, 3.8) is 0 Å². The maximum Gasteiger partial charge on any atom is 0.707 e. The number of amides is 1. The van der Waals surface area contributed by atoms with Gasteiger partial charge in [-0.1, -0.05) is 23.7 Å². The fraction of sp³-hybridized carbons (Fsp3) is 0.133. The van der Waals surface area contributed by atoms with Gasteiger partial charge in [-0.2, -0.15) is 0 Å². The number of hydrogen-bond donors (Lipinski definition) is 3. The van der Waals surface area contributed by atoms with Crippen molar-refractivity contribution in [3.05, 3.63) is 64.4 Å². The molecule has 5 nitrogen and oxygen atoms in total. The Morgan fingerprint density at radius 1 is 1.30 bits per heavy atom. The second-order valence-corrected chi connectivity index (χ2v) is 5.27. The smallest absolute Gasteiger partial charge is 0.512 e. The number of nitrogens with one attached hydrogen (secondary N) is 1. The van der Waals surface area contributed by atoms with Crippen LogP contribution in [0.2, 0.25) is 5.02 Å². The van der Waals surface area contributed by atoms with Gasteiger partial charge in [0.25, 0.3) is 5.91 Å². The van der Waals surface area contributed by atoms with Crippen LogP contribution in [-0.2, 0) is 0 Å². The van der Waals surface area contributed by atoms with Crippen LogP contribution in [0.15, 0.2) is 42.5 Å². The Kier molecular flexibility index (Phi) is 5.60. The van der Waals surface area contributed by atoms with Gasteiger partial charge in [-0.05, 0) is 36.8 Å². The Balaban J connectivity index is 2.11. The minimum Gasteiger partial charge on any atom is -0.512 e. The lowest BCUT2D eigenvalue weighted by Gasteiger charge is -2.15. The molecule has 1 unspecified atom stereocenters. The Hall–Kier alpha value is -2.09. The molecule has 0 spiro atoms. The van der Waals surface area contributed by atoms with E-state index in [0.29, 0.717) is 5.02 Å². The van der Waals surface area contributed by atoms with E-state index in [9.17, 15) is 9.18 Å². The lowest BCUT2D eigenvalue weighted by atomic mass is 10.1. The minimum atomic E-state index is -2.06. The largest absolute Gasteiger partial charge is 0.707 e. The number of hydrogen-bond acceptors (Lipinski definition) is 4. The molecule has 0 saturated carbocycles. The Morgan fingerprint density at radius 3 is 2.65 bits per heavy atom. The second kappa shape index (κ2) is 7.46. The summed E-state index contributed by atoms with van der Waals surface area (Å²) < 4.78 is 18.5. The van der Waals surface area contributed by atoms with Gasteiger partial charge in [0.15, 0.2) is 0 Å². The van der Waals surface area contributed by atoms with Crippen molar-refractivity contribution in [1.29, 1.82) is 0 Å². The summed E-state index contributed by atoms with van der Waals surface area (Å²) in [6.07, 6.45) is 0. The number of carbonyl (C=O) groups excluding carboxylic acids is 1. The van der Waals surface area contributed by atoms with Gasteiger partial charge < -0.3 is 20.0 Å². The fourth-order valence-corrected chi connectivity index (χ4v) is 2.21. The summed E-state index contributed by atoms with van der Waals surface area (Å²) in [5, 5.41) is 20.5. The van der Waals surface area contributed by atoms with Crippen molar-refractivity contribution >= 4 is 24.8 Å². The molecule has 0 bridgehead atoms. The third-order valence-electron chi connectivity index (χ3n) is 3.12. The Morgan fingerprint density at radius 2 is 2.04 bits per heavy atom. The number of rotatable bonds is 5. The van der Waals surface area contributed by atoms with Crippen molar-refractivity contribution in [2.45, 2.75) is 13.0 Å². The third kappa shape index (κ3) is 4.69. The lowest BCUT2D eigenvalue weighted by Crippen LogP contribution is -2.27. The average molecular weight is 338 g/mol. The molecule has 3 N–H and O–H groups in total. The molecule has 2 aromatic carbocycles. The molecule has 0 saturated heterocycles. The monoisotopic (exact) mass is 337 g/mol. The van der Waals surface area contributed by atoms with Crippen molar-refractivity contribution in [1.82, 2.24) is 5.32 Å². The highest BCUT2D eigenvalue weighted by Gasteiger charge is 2.18. The van der Waals surface area contributed by atoms with E-state index in [1.807, 2.05) is 0 Å². The summed E-state index contributed by atoms with van der Waals surface area (Å²) in [5.74, 6) is -1.54. The highest BCUT2D eigenvalue weighted by atomic mass is 35.5. The molecule has 0 fully saturated rings. The predicted octanol–water partition coefficient (Wildman–Crippen LogP) is 2.32. The second-order valence-electron chi connectivity index (χ2n) is 4.84. The van der Waals surface area contributed by atoms with Crippen LogP contribution in [0.1, 0.15) is 28.9 Å². The molecule has 120 valence electrons. The minimum absolute atomic E-state index is 0.100. The van der Waals surface area contributed by atoms with Crippen LogP contribution < -0.4 is 9.97 Å². The van der Waals surface area contributed by atoms with Gasteiger partial charge in [0.2, 0.25) is 0 Å². The van der Waals surface area contributed by atoms with Crippen LogP contribution in [0.4, 0.5) is 4.39 Å². The van der Waals surface area contributed by atoms with Crippen LogP contribution in [0.5, 0.6) is 5.75 Å². The topological polar surface area (TPSA) is 78.8 Å². The molecular formula is C15H14BClFNO4. The first-order valence-corrected chi connectivity index (χ1v) is 7.13. The van der Waals surface area contributed by atoms with Gasteiger partial charge in [-0.15, -0.1) is 0 Å². The van der Waals surface area contributed by atoms with E-state index in [-0.39, 0.29) is 17.4 Å². The first-order valence-electron chi connectivity index (χ1n) is 6.75. The molecule has 1 atom stereocenters. The van der Waals surface area contributed by atoms with Gasteiger partial charge in [-0.3, -0.25) is 4.79 Å². The van der Waals surface area contributed by atoms with Crippen LogP contribution in [-0.4, -0.2) is 23.3 Å². The summed E-state index contributed by atoms with van der Waals surface area (Å²) in [6, 6.07) is 9.99. The molecule has 0 aromatic heterocycles. The van der Waals surface area contributed by atoms with Gasteiger partial charge >= 0.3 is 7.32 Å². The summed E-state index contributed by atoms with van der Waals surface area (Å²) in [4.78, 5) is 12.1. The highest BCUT2D eigenvalue weighted by molar-refractivity contribution is 6.33. The number of carbonyl (C=O) groups is 1. The molecule has 2 rings (SSSR count). The van der Waals surface area contributed by atoms with Gasteiger partial charge in [-0.25, -0.2) is 4.39 Å². The van der Waals surface area contributed by atoms with E-state index in [0.717, 1.165) is 11.6 Å². The van der Waals surface area contributed by atoms with Crippen LogP contribution in [0, 0.1) is 5.82 Å². The Bertz CT molecular complexity index is 714. The molecular weight excluding hydrogens is 323 g/mol. The maximum atomic E-state index is 13.9. The van der Waals surface area contributed by atoms with Gasteiger partial charge in [0, 0.05) is 11.1 Å². The summed E-state index contributed by atoms with van der Waals surface area (Å²) >= 11 is 5.90.